The summed E-state index contributed by atoms with van der Waals surface area (Å²) in [5, 5.41) is 18.8. The zero-order valence-corrected chi connectivity index (χ0v) is 10.0. The van der Waals surface area contributed by atoms with Gasteiger partial charge in [0, 0.05) is 19.5 Å². The van der Waals surface area contributed by atoms with Crippen LogP contribution in [-0.4, -0.2) is 34.4 Å². The van der Waals surface area contributed by atoms with Crippen molar-refractivity contribution in [2.75, 3.05) is 18.0 Å². The van der Waals surface area contributed by atoms with Crippen LogP contribution in [-0.2, 0) is 4.79 Å². The summed E-state index contributed by atoms with van der Waals surface area (Å²) in [6, 6.07) is 0. The molecule has 5 nitrogen and oxygen atoms in total. The van der Waals surface area contributed by atoms with Crippen LogP contribution in [0.25, 0.3) is 0 Å². The number of aryl methyl sites for hydroxylation is 1. The van der Waals surface area contributed by atoms with Gasteiger partial charge in [0.1, 0.15) is 5.01 Å². The number of carboxylic acids is 1. The summed E-state index contributed by atoms with van der Waals surface area (Å²) in [7, 11) is 0. The van der Waals surface area contributed by atoms with Crippen molar-refractivity contribution in [3.05, 3.63) is 5.01 Å². The van der Waals surface area contributed by atoms with Crippen LogP contribution in [0.5, 0.6) is 0 Å². The topological polar surface area (TPSA) is 66.3 Å². The van der Waals surface area contributed by atoms with Gasteiger partial charge in [0.2, 0.25) is 5.13 Å². The van der Waals surface area contributed by atoms with Gasteiger partial charge in [-0.05, 0) is 25.7 Å². The molecule has 16 heavy (non-hydrogen) atoms. The molecule has 6 heteroatoms. The summed E-state index contributed by atoms with van der Waals surface area (Å²) >= 11 is 1.60. The monoisotopic (exact) mass is 241 g/mol. The Morgan fingerprint density at radius 1 is 1.50 bits per heavy atom. The van der Waals surface area contributed by atoms with E-state index >= 15 is 0 Å². The van der Waals surface area contributed by atoms with Crippen LogP contribution in [0.4, 0.5) is 5.13 Å². The van der Waals surface area contributed by atoms with Gasteiger partial charge in [0.25, 0.3) is 0 Å². The first-order chi connectivity index (χ1) is 7.65. The van der Waals surface area contributed by atoms with E-state index in [4.69, 9.17) is 5.11 Å². The molecule has 1 aromatic rings. The van der Waals surface area contributed by atoms with E-state index < -0.39 is 5.97 Å². The minimum Gasteiger partial charge on any atom is -0.481 e. The van der Waals surface area contributed by atoms with E-state index in [2.05, 4.69) is 15.1 Å². The Kier molecular flexibility index (Phi) is 3.38. The molecule has 0 aliphatic carbocycles. The van der Waals surface area contributed by atoms with Crippen LogP contribution in [0, 0.1) is 12.8 Å². The van der Waals surface area contributed by atoms with Crippen molar-refractivity contribution >= 4 is 22.4 Å². The summed E-state index contributed by atoms with van der Waals surface area (Å²) in [5.41, 5.74) is 0. The summed E-state index contributed by atoms with van der Waals surface area (Å²) in [6.45, 7) is 3.73. The van der Waals surface area contributed by atoms with Gasteiger partial charge in [-0.25, -0.2) is 0 Å². The van der Waals surface area contributed by atoms with E-state index in [0.717, 1.165) is 36.1 Å². The number of piperidine rings is 1. The van der Waals surface area contributed by atoms with E-state index in [9.17, 15) is 4.79 Å². The maximum absolute atomic E-state index is 10.6. The molecule has 0 unspecified atom stereocenters. The molecule has 0 spiro atoms. The van der Waals surface area contributed by atoms with Gasteiger partial charge >= 0.3 is 5.97 Å². The molecule has 0 saturated carbocycles. The van der Waals surface area contributed by atoms with E-state index in [1.165, 1.54) is 0 Å². The normalized spacial score (nSPS) is 17.7. The van der Waals surface area contributed by atoms with Crippen molar-refractivity contribution in [1.82, 2.24) is 10.2 Å². The number of hydrogen-bond donors (Lipinski definition) is 1. The number of carboxylic acid groups (broad SMARTS) is 1. The van der Waals surface area contributed by atoms with Crippen LogP contribution in [0.1, 0.15) is 24.3 Å². The standard InChI is InChI=1S/C10H15N3O2S/c1-7-11-12-10(16-7)13-4-2-8(3-5-13)6-9(14)15/h8H,2-6H2,1H3,(H,14,15). The van der Waals surface area contributed by atoms with Gasteiger partial charge in [-0.15, -0.1) is 10.2 Å². The average molecular weight is 241 g/mol. The van der Waals surface area contributed by atoms with Gasteiger partial charge in [0.05, 0.1) is 0 Å². The third-order valence-corrected chi connectivity index (χ3v) is 3.76. The smallest absolute Gasteiger partial charge is 0.303 e. The van der Waals surface area contributed by atoms with Crippen molar-refractivity contribution in [2.45, 2.75) is 26.2 Å². The largest absolute Gasteiger partial charge is 0.481 e. The molecule has 1 N–H and O–H groups in total. The zero-order valence-electron chi connectivity index (χ0n) is 9.22. The molecule has 0 radical (unpaired) electrons. The van der Waals surface area contributed by atoms with Crippen LogP contribution >= 0.6 is 11.3 Å². The first-order valence-electron chi connectivity index (χ1n) is 5.42. The number of carbonyl (C=O) groups is 1. The van der Waals surface area contributed by atoms with Gasteiger partial charge in [-0.2, -0.15) is 0 Å². The number of aromatic nitrogens is 2. The van der Waals surface area contributed by atoms with E-state index in [1.54, 1.807) is 11.3 Å². The second-order valence-corrected chi connectivity index (χ2v) is 5.29. The second kappa shape index (κ2) is 4.78. The molecule has 1 aliphatic heterocycles. The molecular formula is C10H15N3O2S. The average Bonchev–Trinajstić information content (AvgIpc) is 2.65. The predicted octanol–water partition coefficient (Wildman–Crippen LogP) is 1.54. The molecule has 0 amide bonds. The minimum atomic E-state index is -0.690. The van der Waals surface area contributed by atoms with Gasteiger partial charge in [-0.3, -0.25) is 4.79 Å². The second-order valence-electron chi connectivity index (χ2n) is 4.13. The summed E-state index contributed by atoms with van der Waals surface area (Å²) in [4.78, 5) is 12.8. The van der Waals surface area contributed by atoms with Crippen LogP contribution in [0.3, 0.4) is 0 Å². The Morgan fingerprint density at radius 2 is 2.19 bits per heavy atom. The lowest BCUT2D eigenvalue weighted by atomic mass is 9.94. The molecule has 2 heterocycles. The Balaban J connectivity index is 1.87. The Labute approximate surface area is 98.1 Å². The third kappa shape index (κ3) is 2.69. The highest BCUT2D eigenvalue weighted by Gasteiger charge is 2.22. The molecular weight excluding hydrogens is 226 g/mol. The first kappa shape index (κ1) is 11.3. The maximum Gasteiger partial charge on any atom is 0.303 e. The molecule has 0 atom stereocenters. The van der Waals surface area contributed by atoms with Crippen molar-refractivity contribution in [1.29, 1.82) is 0 Å². The number of rotatable bonds is 3. The van der Waals surface area contributed by atoms with Crippen LogP contribution in [0.15, 0.2) is 0 Å². The maximum atomic E-state index is 10.6. The summed E-state index contributed by atoms with van der Waals surface area (Å²) < 4.78 is 0. The molecule has 0 aromatic carbocycles. The fourth-order valence-electron chi connectivity index (χ4n) is 1.99. The van der Waals surface area contributed by atoms with Gasteiger partial charge < -0.3 is 10.0 Å². The molecule has 1 fully saturated rings. The van der Waals surface area contributed by atoms with Gasteiger partial charge in [-0.1, -0.05) is 11.3 Å². The fraction of sp³-hybridized carbons (Fsp3) is 0.700. The lowest BCUT2D eigenvalue weighted by Crippen LogP contribution is -2.34. The van der Waals surface area contributed by atoms with Crippen molar-refractivity contribution in [3.63, 3.8) is 0 Å². The highest BCUT2D eigenvalue weighted by molar-refractivity contribution is 7.15. The van der Waals surface area contributed by atoms with Crippen LogP contribution < -0.4 is 4.90 Å². The minimum absolute atomic E-state index is 0.295. The number of hydrogen-bond acceptors (Lipinski definition) is 5. The Morgan fingerprint density at radius 3 is 2.69 bits per heavy atom. The highest BCUT2D eigenvalue weighted by Crippen LogP contribution is 2.26. The predicted molar refractivity (Wildman–Crippen MR) is 61.8 cm³/mol. The highest BCUT2D eigenvalue weighted by atomic mass is 32.1. The van der Waals surface area contributed by atoms with E-state index in [0.29, 0.717) is 12.3 Å². The number of nitrogens with zero attached hydrogens (tertiary/aromatic N) is 3. The quantitative estimate of drug-likeness (QED) is 0.869. The molecule has 88 valence electrons. The van der Waals surface area contributed by atoms with Crippen molar-refractivity contribution in [2.24, 2.45) is 5.92 Å². The fourth-order valence-corrected chi connectivity index (χ4v) is 2.73. The summed E-state index contributed by atoms with van der Waals surface area (Å²) in [5.74, 6) is -0.368. The Bertz CT molecular complexity index is 372. The van der Waals surface area contributed by atoms with Crippen molar-refractivity contribution in [3.8, 4) is 0 Å². The first-order valence-corrected chi connectivity index (χ1v) is 6.23. The zero-order chi connectivity index (χ0) is 11.5. The van der Waals surface area contributed by atoms with E-state index in [1.807, 2.05) is 6.92 Å². The molecule has 1 aromatic heterocycles. The molecule has 0 bridgehead atoms. The Hall–Kier alpha value is -1.17. The lowest BCUT2D eigenvalue weighted by molar-refractivity contribution is -0.138. The lowest BCUT2D eigenvalue weighted by Gasteiger charge is -2.30. The molecule has 1 aliphatic rings. The van der Waals surface area contributed by atoms with Gasteiger partial charge in [0.15, 0.2) is 0 Å². The number of anilines is 1. The van der Waals surface area contributed by atoms with Crippen molar-refractivity contribution < 1.29 is 9.90 Å². The summed E-state index contributed by atoms with van der Waals surface area (Å²) in [6.07, 6.45) is 2.17. The SMILES string of the molecule is Cc1nnc(N2CCC(CC(=O)O)CC2)s1. The van der Waals surface area contributed by atoms with Crippen LogP contribution in [0.2, 0.25) is 0 Å². The van der Waals surface area contributed by atoms with E-state index in [-0.39, 0.29) is 0 Å². The number of aliphatic carboxylic acids is 1. The molecule has 1 saturated heterocycles. The molecule has 2 rings (SSSR count). The third-order valence-electron chi connectivity index (χ3n) is 2.86.